The van der Waals surface area contributed by atoms with Crippen molar-refractivity contribution in [1.29, 1.82) is 0 Å². The molecular formula is C20H20Cl2N4O2S. The Morgan fingerprint density at radius 2 is 1.69 bits per heavy atom. The molecule has 1 saturated heterocycles. The van der Waals surface area contributed by atoms with Crippen molar-refractivity contribution in [3.05, 3.63) is 58.6 Å². The summed E-state index contributed by atoms with van der Waals surface area (Å²) in [6.07, 6.45) is 0. The van der Waals surface area contributed by atoms with Crippen molar-refractivity contribution in [1.82, 2.24) is 9.88 Å². The van der Waals surface area contributed by atoms with Crippen LogP contribution in [0.4, 0.5) is 11.6 Å². The molecule has 1 aliphatic rings. The minimum absolute atomic E-state index is 0.0306. The number of likely N-dealkylation sites (N-methyl/N-ethyl adjacent to an activating group) is 1. The first-order valence-electron chi connectivity index (χ1n) is 9.15. The van der Waals surface area contributed by atoms with Gasteiger partial charge in [0.25, 0.3) is 10.0 Å². The maximum Gasteiger partial charge on any atom is 0.263 e. The molecule has 9 heteroatoms. The SMILES string of the molecule is CN1CCN(c2nc(NS(=O)(=O)c3ccc(Cl)c(Cl)c3)cc3ccccc23)CC1. The molecule has 152 valence electrons. The van der Waals surface area contributed by atoms with Crippen LogP contribution in [0.2, 0.25) is 10.0 Å². The summed E-state index contributed by atoms with van der Waals surface area (Å²) in [5, 5.41) is 2.39. The van der Waals surface area contributed by atoms with E-state index in [1.807, 2.05) is 24.3 Å². The van der Waals surface area contributed by atoms with E-state index < -0.39 is 10.0 Å². The minimum atomic E-state index is -3.86. The number of fused-ring (bicyclic) bond motifs is 1. The van der Waals surface area contributed by atoms with Crippen LogP contribution in [0.5, 0.6) is 0 Å². The molecule has 1 N–H and O–H groups in total. The van der Waals surface area contributed by atoms with E-state index in [0.29, 0.717) is 5.02 Å². The number of benzene rings is 2. The first-order chi connectivity index (χ1) is 13.8. The lowest BCUT2D eigenvalue weighted by Crippen LogP contribution is -2.45. The van der Waals surface area contributed by atoms with Gasteiger partial charge in [-0.25, -0.2) is 13.4 Å². The zero-order valence-electron chi connectivity index (χ0n) is 15.8. The van der Waals surface area contributed by atoms with E-state index in [0.717, 1.165) is 42.8 Å². The Morgan fingerprint density at radius 1 is 0.966 bits per heavy atom. The predicted octanol–water partition coefficient (Wildman–Crippen LogP) is 4.09. The van der Waals surface area contributed by atoms with Gasteiger partial charge in [-0.15, -0.1) is 0 Å². The van der Waals surface area contributed by atoms with Crippen LogP contribution in [0, 0.1) is 0 Å². The topological polar surface area (TPSA) is 65.5 Å². The highest BCUT2D eigenvalue weighted by atomic mass is 35.5. The third-order valence-electron chi connectivity index (χ3n) is 4.96. The largest absolute Gasteiger partial charge is 0.353 e. The van der Waals surface area contributed by atoms with Crippen LogP contribution in [0.1, 0.15) is 0 Å². The summed E-state index contributed by atoms with van der Waals surface area (Å²) < 4.78 is 28.3. The average Bonchev–Trinajstić information content (AvgIpc) is 2.69. The Morgan fingerprint density at radius 3 is 2.41 bits per heavy atom. The summed E-state index contributed by atoms with van der Waals surface area (Å²) in [6.45, 7) is 3.51. The highest BCUT2D eigenvalue weighted by Gasteiger charge is 2.21. The van der Waals surface area contributed by atoms with Crippen LogP contribution < -0.4 is 9.62 Å². The number of nitrogens with zero attached hydrogens (tertiary/aromatic N) is 3. The summed E-state index contributed by atoms with van der Waals surface area (Å²) in [5.41, 5.74) is 0. The first-order valence-corrected chi connectivity index (χ1v) is 11.4. The fraction of sp³-hybridized carbons (Fsp3) is 0.250. The molecule has 3 aromatic rings. The van der Waals surface area contributed by atoms with Gasteiger partial charge in [0, 0.05) is 31.6 Å². The lowest BCUT2D eigenvalue weighted by molar-refractivity contribution is 0.312. The Balaban J connectivity index is 1.73. The van der Waals surface area contributed by atoms with Gasteiger partial charge in [0.05, 0.1) is 14.9 Å². The lowest BCUT2D eigenvalue weighted by Gasteiger charge is -2.34. The van der Waals surface area contributed by atoms with Crippen LogP contribution in [0.25, 0.3) is 10.8 Å². The molecular weight excluding hydrogens is 431 g/mol. The standard InChI is InChI=1S/C20H20Cl2N4O2S/c1-25-8-10-26(11-9-25)20-16-5-3-2-4-14(16)12-19(23-20)24-29(27,28)15-6-7-17(21)18(22)13-15/h2-7,12-13H,8-11H2,1H3,(H,23,24). The van der Waals surface area contributed by atoms with Gasteiger partial charge in [0.2, 0.25) is 0 Å². The van der Waals surface area contributed by atoms with Crippen LogP contribution in [0.3, 0.4) is 0 Å². The molecule has 0 spiro atoms. The van der Waals surface area contributed by atoms with E-state index >= 15 is 0 Å². The van der Waals surface area contributed by atoms with E-state index in [4.69, 9.17) is 23.2 Å². The van der Waals surface area contributed by atoms with Gasteiger partial charge in [-0.05, 0) is 36.7 Å². The van der Waals surface area contributed by atoms with Gasteiger partial charge >= 0.3 is 0 Å². The van der Waals surface area contributed by atoms with Crippen LogP contribution in [-0.2, 0) is 10.0 Å². The van der Waals surface area contributed by atoms with Crippen molar-refractivity contribution in [3.8, 4) is 0 Å². The van der Waals surface area contributed by atoms with Gasteiger partial charge in [0.1, 0.15) is 11.6 Å². The summed E-state index contributed by atoms with van der Waals surface area (Å²) in [5.74, 6) is 1.05. The molecule has 0 saturated carbocycles. The summed E-state index contributed by atoms with van der Waals surface area (Å²) in [7, 11) is -1.77. The summed E-state index contributed by atoms with van der Waals surface area (Å²) in [4.78, 5) is 9.14. The van der Waals surface area contributed by atoms with E-state index in [2.05, 4.69) is 26.6 Å². The van der Waals surface area contributed by atoms with E-state index in [9.17, 15) is 8.42 Å². The maximum atomic E-state index is 12.9. The second-order valence-electron chi connectivity index (χ2n) is 7.02. The van der Waals surface area contributed by atoms with E-state index in [-0.39, 0.29) is 15.7 Å². The number of aromatic nitrogens is 1. The van der Waals surface area contributed by atoms with Gasteiger partial charge in [-0.3, -0.25) is 4.72 Å². The third kappa shape index (κ3) is 4.28. The highest BCUT2D eigenvalue weighted by molar-refractivity contribution is 7.92. The summed E-state index contributed by atoms with van der Waals surface area (Å²) in [6, 6.07) is 13.8. The molecule has 0 aliphatic carbocycles. The molecule has 0 radical (unpaired) electrons. The highest BCUT2D eigenvalue weighted by Crippen LogP contribution is 2.30. The number of piperazine rings is 1. The number of halogens is 2. The zero-order chi connectivity index (χ0) is 20.6. The summed E-state index contributed by atoms with van der Waals surface area (Å²) >= 11 is 11.9. The number of pyridine rings is 1. The van der Waals surface area contributed by atoms with Crippen molar-refractivity contribution in [3.63, 3.8) is 0 Å². The fourth-order valence-corrected chi connectivity index (χ4v) is 4.71. The van der Waals surface area contributed by atoms with Crippen molar-refractivity contribution >= 4 is 55.6 Å². The Bertz CT molecular complexity index is 1160. The molecule has 0 amide bonds. The van der Waals surface area contributed by atoms with Gasteiger partial charge in [-0.1, -0.05) is 47.5 Å². The predicted molar refractivity (Wildman–Crippen MR) is 119 cm³/mol. The van der Waals surface area contributed by atoms with Crippen molar-refractivity contribution < 1.29 is 8.42 Å². The molecule has 1 aliphatic heterocycles. The molecule has 2 aromatic carbocycles. The second kappa shape index (κ2) is 7.99. The van der Waals surface area contributed by atoms with Crippen molar-refractivity contribution in [2.75, 3.05) is 42.8 Å². The number of rotatable bonds is 4. The molecule has 29 heavy (non-hydrogen) atoms. The Kier molecular flexibility index (Phi) is 5.57. The fourth-order valence-electron chi connectivity index (χ4n) is 3.33. The molecule has 6 nitrogen and oxygen atoms in total. The zero-order valence-corrected chi connectivity index (χ0v) is 18.1. The Hall–Kier alpha value is -2.06. The third-order valence-corrected chi connectivity index (χ3v) is 7.05. The first kappa shape index (κ1) is 20.2. The minimum Gasteiger partial charge on any atom is -0.353 e. The lowest BCUT2D eigenvalue weighted by atomic mass is 10.1. The molecule has 1 aromatic heterocycles. The van der Waals surface area contributed by atoms with Crippen molar-refractivity contribution in [2.45, 2.75) is 4.90 Å². The number of hydrogen-bond acceptors (Lipinski definition) is 5. The van der Waals surface area contributed by atoms with Gasteiger partial charge in [-0.2, -0.15) is 0 Å². The Labute approximate surface area is 180 Å². The van der Waals surface area contributed by atoms with E-state index in [1.165, 1.54) is 18.2 Å². The van der Waals surface area contributed by atoms with Gasteiger partial charge in [0.15, 0.2) is 0 Å². The second-order valence-corrected chi connectivity index (χ2v) is 9.52. The number of sulfonamides is 1. The molecule has 0 bridgehead atoms. The van der Waals surface area contributed by atoms with Crippen LogP contribution in [0.15, 0.2) is 53.4 Å². The average molecular weight is 451 g/mol. The molecule has 4 rings (SSSR count). The number of hydrogen-bond donors (Lipinski definition) is 1. The molecule has 2 heterocycles. The molecule has 1 fully saturated rings. The van der Waals surface area contributed by atoms with Crippen molar-refractivity contribution in [2.24, 2.45) is 0 Å². The normalized spacial score (nSPS) is 15.6. The number of anilines is 2. The van der Waals surface area contributed by atoms with Gasteiger partial charge < -0.3 is 9.80 Å². The quantitative estimate of drug-likeness (QED) is 0.647. The van der Waals surface area contributed by atoms with E-state index in [1.54, 1.807) is 6.07 Å². The smallest absolute Gasteiger partial charge is 0.263 e. The molecule has 0 unspecified atom stereocenters. The molecule has 0 atom stereocenters. The van der Waals surface area contributed by atoms with Crippen LogP contribution in [-0.4, -0.2) is 51.5 Å². The maximum absolute atomic E-state index is 12.9. The number of nitrogens with one attached hydrogen (secondary N) is 1. The van der Waals surface area contributed by atoms with Crippen LogP contribution >= 0.6 is 23.2 Å². The monoisotopic (exact) mass is 450 g/mol.